The standard InChI is InChI=1S/C11H15NO2/c1-7(2)5-8-3-4-9(11(13)14)10(12)6-8/h3-4,6-7H,5,12H2,1-2H3,(H,13,14). The molecule has 0 aliphatic carbocycles. The molecule has 0 fully saturated rings. The molecule has 0 spiro atoms. The van der Waals surface area contributed by atoms with Crippen molar-refractivity contribution in [3.8, 4) is 0 Å². The highest BCUT2D eigenvalue weighted by Gasteiger charge is 2.08. The Morgan fingerprint density at radius 1 is 1.50 bits per heavy atom. The lowest BCUT2D eigenvalue weighted by Crippen LogP contribution is -2.04. The van der Waals surface area contributed by atoms with E-state index in [1.165, 1.54) is 0 Å². The van der Waals surface area contributed by atoms with Gasteiger partial charge in [0.25, 0.3) is 0 Å². The molecule has 0 bridgehead atoms. The number of carboxylic acids is 1. The van der Waals surface area contributed by atoms with Gasteiger partial charge in [-0.15, -0.1) is 0 Å². The monoisotopic (exact) mass is 193 g/mol. The van der Waals surface area contributed by atoms with Crippen LogP contribution in [0.1, 0.15) is 29.8 Å². The van der Waals surface area contributed by atoms with Gasteiger partial charge in [0.05, 0.1) is 5.56 Å². The average Bonchev–Trinajstić information content (AvgIpc) is 2.01. The van der Waals surface area contributed by atoms with Gasteiger partial charge in [-0.3, -0.25) is 0 Å². The highest BCUT2D eigenvalue weighted by molar-refractivity contribution is 5.93. The van der Waals surface area contributed by atoms with Crippen molar-refractivity contribution >= 4 is 11.7 Å². The van der Waals surface area contributed by atoms with E-state index in [9.17, 15) is 4.79 Å². The molecule has 0 saturated carbocycles. The van der Waals surface area contributed by atoms with E-state index in [1.807, 2.05) is 6.07 Å². The van der Waals surface area contributed by atoms with Crippen molar-refractivity contribution in [2.45, 2.75) is 20.3 Å². The number of benzene rings is 1. The van der Waals surface area contributed by atoms with Crippen LogP contribution in [-0.4, -0.2) is 11.1 Å². The van der Waals surface area contributed by atoms with Crippen molar-refractivity contribution in [2.24, 2.45) is 5.92 Å². The molecule has 0 aromatic heterocycles. The number of nitrogens with two attached hydrogens (primary N) is 1. The highest BCUT2D eigenvalue weighted by Crippen LogP contribution is 2.16. The highest BCUT2D eigenvalue weighted by atomic mass is 16.4. The molecule has 3 nitrogen and oxygen atoms in total. The van der Waals surface area contributed by atoms with E-state index in [4.69, 9.17) is 10.8 Å². The Labute approximate surface area is 83.6 Å². The second-order valence-electron chi connectivity index (χ2n) is 3.82. The van der Waals surface area contributed by atoms with E-state index in [-0.39, 0.29) is 5.56 Å². The summed E-state index contributed by atoms with van der Waals surface area (Å²) in [6.45, 7) is 4.22. The summed E-state index contributed by atoms with van der Waals surface area (Å²) in [7, 11) is 0. The summed E-state index contributed by atoms with van der Waals surface area (Å²) in [4.78, 5) is 10.7. The first-order valence-electron chi connectivity index (χ1n) is 4.62. The van der Waals surface area contributed by atoms with Crippen LogP contribution in [-0.2, 0) is 6.42 Å². The van der Waals surface area contributed by atoms with E-state index in [0.717, 1.165) is 12.0 Å². The SMILES string of the molecule is CC(C)Cc1ccc(C(=O)O)c(N)c1. The van der Waals surface area contributed by atoms with E-state index in [2.05, 4.69) is 13.8 Å². The Morgan fingerprint density at radius 2 is 2.14 bits per heavy atom. The molecule has 0 saturated heterocycles. The van der Waals surface area contributed by atoms with E-state index >= 15 is 0 Å². The molecule has 3 heteroatoms. The summed E-state index contributed by atoms with van der Waals surface area (Å²) >= 11 is 0. The van der Waals surface area contributed by atoms with Crippen molar-refractivity contribution in [2.75, 3.05) is 5.73 Å². The predicted molar refractivity (Wildman–Crippen MR) is 56.4 cm³/mol. The molecule has 0 aliphatic heterocycles. The van der Waals surface area contributed by atoms with Crippen LogP contribution < -0.4 is 5.73 Å². The van der Waals surface area contributed by atoms with Crippen LogP contribution in [0.4, 0.5) is 5.69 Å². The normalized spacial score (nSPS) is 10.5. The van der Waals surface area contributed by atoms with Gasteiger partial charge in [-0.2, -0.15) is 0 Å². The second-order valence-corrected chi connectivity index (χ2v) is 3.82. The molecule has 1 aromatic rings. The maximum absolute atomic E-state index is 10.7. The Kier molecular flexibility index (Phi) is 3.12. The third kappa shape index (κ3) is 2.49. The zero-order valence-corrected chi connectivity index (χ0v) is 8.45. The number of aromatic carboxylic acids is 1. The molecule has 3 N–H and O–H groups in total. The predicted octanol–water partition coefficient (Wildman–Crippen LogP) is 2.17. The fourth-order valence-electron chi connectivity index (χ4n) is 1.41. The van der Waals surface area contributed by atoms with Crippen LogP contribution in [0.15, 0.2) is 18.2 Å². The van der Waals surface area contributed by atoms with Crippen molar-refractivity contribution in [1.82, 2.24) is 0 Å². The maximum atomic E-state index is 10.7. The minimum Gasteiger partial charge on any atom is -0.478 e. The van der Waals surface area contributed by atoms with E-state index in [1.54, 1.807) is 12.1 Å². The number of hydrogen-bond donors (Lipinski definition) is 2. The zero-order chi connectivity index (χ0) is 10.7. The smallest absolute Gasteiger partial charge is 0.337 e. The van der Waals surface area contributed by atoms with Crippen LogP contribution in [0.3, 0.4) is 0 Å². The van der Waals surface area contributed by atoms with Gasteiger partial charge in [0.15, 0.2) is 0 Å². The summed E-state index contributed by atoms with van der Waals surface area (Å²) in [5.41, 5.74) is 7.22. The van der Waals surface area contributed by atoms with Gasteiger partial charge >= 0.3 is 5.97 Å². The number of carboxylic acid groups (broad SMARTS) is 1. The Bertz CT molecular complexity index is 345. The fraction of sp³-hybridized carbons (Fsp3) is 0.364. The molecule has 1 rings (SSSR count). The minimum atomic E-state index is -0.974. The summed E-state index contributed by atoms with van der Waals surface area (Å²) in [6, 6.07) is 5.12. The van der Waals surface area contributed by atoms with Gasteiger partial charge in [-0.1, -0.05) is 19.9 Å². The van der Waals surface area contributed by atoms with Crippen LogP contribution in [0.5, 0.6) is 0 Å². The Balaban J connectivity index is 2.94. The lowest BCUT2D eigenvalue weighted by Gasteiger charge is -2.07. The second kappa shape index (κ2) is 4.13. The number of nitrogen functional groups attached to an aromatic ring is 1. The quantitative estimate of drug-likeness (QED) is 0.723. The molecule has 0 radical (unpaired) electrons. The number of anilines is 1. The van der Waals surface area contributed by atoms with Crippen molar-refractivity contribution in [1.29, 1.82) is 0 Å². The van der Waals surface area contributed by atoms with Gasteiger partial charge in [0.1, 0.15) is 0 Å². The number of carbonyl (C=O) groups is 1. The minimum absolute atomic E-state index is 0.178. The number of rotatable bonds is 3. The lowest BCUT2D eigenvalue weighted by atomic mass is 10.0. The van der Waals surface area contributed by atoms with Crippen LogP contribution >= 0.6 is 0 Å². The first-order chi connectivity index (χ1) is 6.50. The van der Waals surface area contributed by atoms with Gasteiger partial charge in [0, 0.05) is 5.69 Å². The van der Waals surface area contributed by atoms with Crippen molar-refractivity contribution in [3.63, 3.8) is 0 Å². The average molecular weight is 193 g/mol. The van der Waals surface area contributed by atoms with Crippen molar-refractivity contribution in [3.05, 3.63) is 29.3 Å². The molecule has 0 unspecified atom stereocenters. The molecular formula is C11H15NO2. The fourth-order valence-corrected chi connectivity index (χ4v) is 1.41. The summed E-state index contributed by atoms with van der Waals surface area (Å²) in [5, 5.41) is 8.76. The lowest BCUT2D eigenvalue weighted by molar-refractivity contribution is 0.0698. The van der Waals surface area contributed by atoms with Gasteiger partial charge in [-0.05, 0) is 30.0 Å². The molecule has 0 aliphatic rings. The topological polar surface area (TPSA) is 63.3 Å². The van der Waals surface area contributed by atoms with Gasteiger partial charge in [0.2, 0.25) is 0 Å². The molecule has 0 amide bonds. The third-order valence-corrected chi connectivity index (χ3v) is 1.99. The van der Waals surface area contributed by atoms with Crippen molar-refractivity contribution < 1.29 is 9.90 Å². The summed E-state index contributed by atoms with van der Waals surface area (Å²) in [5.74, 6) is -0.427. The maximum Gasteiger partial charge on any atom is 0.337 e. The zero-order valence-electron chi connectivity index (χ0n) is 8.45. The van der Waals surface area contributed by atoms with Crippen LogP contribution in [0.2, 0.25) is 0 Å². The molecule has 1 aromatic carbocycles. The summed E-state index contributed by atoms with van der Waals surface area (Å²) < 4.78 is 0. The van der Waals surface area contributed by atoms with Gasteiger partial charge < -0.3 is 10.8 Å². The van der Waals surface area contributed by atoms with E-state index in [0.29, 0.717) is 11.6 Å². The first kappa shape index (κ1) is 10.6. The molecular weight excluding hydrogens is 178 g/mol. The molecule has 0 atom stereocenters. The van der Waals surface area contributed by atoms with Crippen LogP contribution in [0.25, 0.3) is 0 Å². The molecule has 76 valence electrons. The Morgan fingerprint density at radius 3 is 2.57 bits per heavy atom. The molecule has 0 heterocycles. The van der Waals surface area contributed by atoms with Gasteiger partial charge in [-0.25, -0.2) is 4.79 Å². The first-order valence-corrected chi connectivity index (χ1v) is 4.62. The number of hydrogen-bond acceptors (Lipinski definition) is 2. The third-order valence-electron chi connectivity index (χ3n) is 1.99. The summed E-state index contributed by atoms with van der Waals surface area (Å²) in [6.07, 6.45) is 0.921. The van der Waals surface area contributed by atoms with E-state index < -0.39 is 5.97 Å². The molecule has 14 heavy (non-hydrogen) atoms. The Hall–Kier alpha value is -1.51. The largest absolute Gasteiger partial charge is 0.478 e. The van der Waals surface area contributed by atoms with Crippen LogP contribution in [0, 0.1) is 5.92 Å².